The highest BCUT2D eigenvalue weighted by Gasteiger charge is 2.41. The predicted molar refractivity (Wildman–Crippen MR) is 106 cm³/mol. The highest BCUT2D eigenvalue weighted by Crippen LogP contribution is 2.39. The number of nitrogens with zero attached hydrogens (tertiary/aromatic N) is 2. The van der Waals surface area contributed by atoms with Crippen LogP contribution in [0.5, 0.6) is 0 Å². The maximum absolute atomic E-state index is 12.6. The fraction of sp³-hybridized carbons (Fsp3) is 0.882. The van der Waals surface area contributed by atoms with Gasteiger partial charge in [0.05, 0.1) is 17.7 Å². The van der Waals surface area contributed by atoms with Crippen LogP contribution in [0.4, 0.5) is 0 Å². The number of hydrogen-bond donors (Lipinski definition) is 3. The zero-order chi connectivity index (χ0) is 19.6. The molecule has 0 aromatic rings. The van der Waals surface area contributed by atoms with Crippen molar-refractivity contribution in [1.82, 2.24) is 20.3 Å². The second-order valence-electron chi connectivity index (χ2n) is 6.96. The van der Waals surface area contributed by atoms with E-state index in [1.165, 1.54) is 0 Å². The molecule has 0 heterocycles. The van der Waals surface area contributed by atoms with Gasteiger partial charge in [0, 0.05) is 33.7 Å². The SMILES string of the molecule is CCNC(=NCC1(C(=O)N(C)C)CCCC1)NCCCNS(=O)(=O)CC. The van der Waals surface area contributed by atoms with Gasteiger partial charge in [-0.1, -0.05) is 12.8 Å². The number of hydrogen-bond acceptors (Lipinski definition) is 4. The van der Waals surface area contributed by atoms with Crippen molar-refractivity contribution in [2.24, 2.45) is 10.4 Å². The summed E-state index contributed by atoms with van der Waals surface area (Å²) in [7, 11) is 0.454. The molecule has 0 bridgehead atoms. The van der Waals surface area contributed by atoms with Crippen molar-refractivity contribution in [3.8, 4) is 0 Å². The van der Waals surface area contributed by atoms with Gasteiger partial charge in [-0.15, -0.1) is 0 Å². The molecule has 0 aromatic carbocycles. The summed E-state index contributed by atoms with van der Waals surface area (Å²) in [4.78, 5) is 18.9. The molecule has 0 aromatic heterocycles. The Hall–Kier alpha value is -1.35. The summed E-state index contributed by atoms with van der Waals surface area (Å²) in [6, 6.07) is 0. The zero-order valence-corrected chi connectivity index (χ0v) is 17.4. The first-order valence-corrected chi connectivity index (χ1v) is 11.1. The molecule has 9 heteroatoms. The summed E-state index contributed by atoms with van der Waals surface area (Å²) in [5, 5.41) is 6.40. The molecule has 0 unspecified atom stereocenters. The minimum absolute atomic E-state index is 0.0898. The van der Waals surface area contributed by atoms with Crippen LogP contribution >= 0.6 is 0 Å². The van der Waals surface area contributed by atoms with Crippen LogP contribution < -0.4 is 15.4 Å². The lowest BCUT2D eigenvalue weighted by Crippen LogP contribution is -2.43. The number of guanidine groups is 1. The van der Waals surface area contributed by atoms with Crippen molar-refractivity contribution in [3.05, 3.63) is 0 Å². The molecule has 1 saturated carbocycles. The molecule has 1 fully saturated rings. The summed E-state index contributed by atoms with van der Waals surface area (Å²) in [5.41, 5.74) is -0.386. The average Bonchev–Trinajstić information content (AvgIpc) is 3.08. The van der Waals surface area contributed by atoms with E-state index in [0.717, 1.165) is 32.2 Å². The summed E-state index contributed by atoms with van der Waals surface area (Å²) in [6.07, 6.45) is 4.55. The number of carbonyl (C=O) groups is 1. The molecule has 1 amide bonds. The number of amides is 1. The van der Waals surface area contributed by atoms with Crippen molar-refractivity contribution < 1.29 is 13.2 Å². The van der Waals surface area contributed by atoms with Gasteiger partial charge in [0.2, 0.25) is 15.9 Å². The fourth-order valence-corrected chi connectivity index (χ4v) is 3.82. The van der Waals surface area contributed by atoms with E-state index >= 15 is 0 Å². The molecule has 0 aliphatic heterocycles. The van der Waals surface area contributed by atoms with Gasteiger partial charge in [0.25, 0.3) is 0 Å². The van der Waals surface area contributed by atoms with Gasteiger partial charge >= 0.3 is 0 Å². The molecule has 1 aliphatic rings. The lowest BCUT2D eigenvalue weighted by atomic mass is 9.85. The normalized spacial score (nSPS) is 17.2. The quantitative estimate of drug-likeness (QED) is 0.287. The van der Waals surface area contributed by atoms with E-state index in [9.17, 15) is 13.2 Å². The Morgan fingerprint density at radius 3 is 2.31 bits per heavy atom. The van der Waals surface area contributed by atoms with E-state index in [2.05, 4.69) is 20.3 Å². The van der Waals surface area contributed by atoms with Crippen LogP contribution in [0.3, 0.4) is 0 Å². The van der Waals surface area contributed by atoms with Crippen LogP contribution in [0.25, 0.3) is 0 Å². The summed E-state index contributed by atoms with van der Waals surface area (Å²) in [5.74, 6) is 0.916. The third kappa shape index (κ3) is 7.11. The summed E-state index contributed by atoms with van der Waals surface area (Å²) in [6.45, 7) is 5.80. The molecule has 0 spiro atoms. The number of carbonyl (C=O) groups excluding carboxylic acids is 1. The highest BCUT2D eigenvalue weighted by molar-refractivity contribution is 7.89. The van der Waals surface area contributed by atoms with Crippen LogP contribution in [0.15, 0.2) is 4.99 Å². The largest absolute Gasteiger partial charge is 0.357 e. The zero-order valence-electron chi connectivity index (χ0n) is 16.6. The first kappa shape index (κ1) is 22.7. The van der Waals surface area contributed by atoms with Crippen LogP contribution in [0.2, 0.25) is 0 Å². The Labute approximate surface area is 158 Å². The second kappa shape index (κ2) is 10.7. The lowest BCUT2D eigenvalue weighted by Gasteiger charge is -2.29. The van der Waals surface area contributed by atoms with Crippen LogP contribution in [-0.2, 0) is 14.8 Å². The molecular weight excluding hydrogens is 354 g/mol. The van der Waals surface area contributed by atoms with E-state index < -0.39 is 10.0 Å². The van der Waals surface area contributed by atoms with Crippen LogP contribution in [0, 0.1) is 5.41 Å². The average molecular weight is 390 g/mol. The van der Waals surface area contributed by atoms with Gasteiger partial charge in [0.15, 0.2) is 5.96 Å². The monoisotopic (exact) mass is 389 g/mol. The second-order valence-corrected chi connectivity index (χ2v) is 9.06. The van der Waals surface area contributed by atoms with E-state index in [1.54, 1.807) is 25.9 Å². The first-order valence-electron chi connectivity index (χ1n) is 9.47. The van der Waals surface area contributed by atoms with Crippen LogP contribution in [0.1, 0.15) is 46.0 Å². The van der Waals surface area contributed by atoms with Gasteiger partial charge in [0.1, 0.15) is 0 Å². The Balaban J connectivity index is 2.58. The molecule has 0 atom stereocenters. The van der Waals surface area contributed by atoms with Crippen molar-refractivity contribution in [1.29, 1.82) is 0 Å². The van der Waals surface area contributed by atoms with E-state index in [-0.39, 0.29) is 17.1 Å². The first-order chi connectivity index (χ1) is 12.3. The lowest BCUT2D eigenvalue weighted by molar-refractivity contribution is -0.138. The van der Waals surface area contributed by atoms with Gasteiger partial charge in [-0.3, -0.25) is 9.79 Å². The molecule has 152 valence electrons. The Morgan fingerprint density at radius 2 is 1.77 bits per heavy atom. The minimum Gasteiger partial charge on any atom is -0.357 e. The molecule has 1 rings (SSSR count). The van der Waals surface area contributed by atoms with E-state index in [0.29, 0.717) is 32.0 Å². The topological polar surface area (TPSA) is 103 Å². The predicted octanol–water partition coefficient (Wildman–Crippen LogP) is 0.520. The number of rotatable bonds is 10. The minimum atomic E-state index is -3.14. The van der Waals surface area contributed by atoms with Gasteiger partial charge in [-0.05, 0) is 33.1 Å². The van der Waals surface area contributed by atoms with Gasteiger partial charge in [-0.2, -0.15) is 0 Å². The van der Waals surface area contributed by atoms with Crippen molar-refractivity contribution in [2.75, 3.05) is 46.0 Å². The van der Waals surface area contributed by atoms with Crippen molar-refractivity contribution in [3.63, 3.8) is 0 Å². The molecule has 26 heavy (non-hydrogen) atoms. The molecule has 8 nitrogen and oxygen atoms in total. The number of sulfonamides is 1. The maximum Gasteiger partial charge on any atom is 0.230 e. The molecule has 0 saturated heterocycles. The number of nitrogens with one attached hydrogen (secondary N) is 3. The number of aliphatic imine (C=N–C) groups is 1. The maximum atomic E-state index is 12.6. The van der Waals surface area contributed by atoms with E-state index in [4.69, 9.17) is 0 Å². The Bertz CT molecular complexity index is 569. The van der Waals surface area contributed by atoms with Gasteiger partial charge in [-0.25, -0.2) is 13.1 Å². The summed E-state index contributed by atoms with van der Waals surface area (Å²) < 4.78 is 25.3. The third-order valence-corrected chi connectivity index (χ3v) is 6.06. The Kier molecular flexibility index (Phi) is 9.35. The fourth-order valence-electron chi connectivity index (χ4n) is 3.16. The standard InChI is InChI=1S/C17H35N5O3S/c1-5-18-16(19-12-9-13-21-26(24,25)6-2)20-14-17(10-7-8-11-17)15(23)22(3)4/h21H,5-14H2,1-4H3,(H2,18,19,20). The molecule has 3 N–H and O–H groups in total. The highest BCUT2D eigenvalue weighted by atomic mass is 32.2. The molecular formula is C17H35N5O3S. The smallest absolute Gasteiger partial charge is 0.230 e. The van der Waals surface area contributed by atoms with Crippen molar-refractivity contribution in [2.45, 2.75) is 46.0 Å². The third-order valence-electron chi connectivity index (χ3n) is 4.65. The van der Waals surface area contributed by atoms with Crippen LogP contribution in [-0.4, -0.2) is 71.2 Å². The van der Waals surface area contributed by atoms with Gasteiger partial charge < -0.3 is 15.5 Å². The Morgan fingerprint density at radius 1 is 1.12 bits per heavy atom. The van der Waals surface area contributed by atoms with Crippen molar-refractivity contribution >= 4 is 21.9 Å². The molecule has 0 radical (unpaired) electrons. The molecule has 1 aliphatic carbocycles. The summed E-state index contributed by atoms with van der Waals surface area (Å²) >= 11 is 0. The van der Waals surface area contributed by atoms with E-state index in [1.807, 2.05) is 6.92 Å².